The fraction of sp³-hybridized carbons (Fsp3) is 0.176. The van der Waals surface area contributed by atoms with Crippen LogP contribution < -0.4 is 5.19 Å². The molecular formula is C51H45IrN3O2Si-2. The Hall–Kier alpha value is -5.59. The van der Waals surface area contributed by atoms with Crippen molar-refractivity contribution in [2.45, 2.75) is 53.6 Å². The van der Waals surface area contributed by atoms with Crippen LogP contribution in [0.3, 0.4) is 0 Å². The van der Waals surface area contributed by atoms with Crippen molar-refractivity contribution in [3.05, 3.63) is 157 Å². The summed E-state index contributed by atoms with van der Waals surface area (Å²) < 4.78 is 54.9. The molecule has 0 aliphatic carbocycles. The normalized spacial score (nSPS) is 13.7. The molecular weight excluding hydrogens is 907 g/mol. The quantitative estimate of drug-likeness (QED) is 0.127. The second kappa shape index (κ2) is 15.3. The average molecular weight is 957 g/mol. The molecule has 0 unspecified atom stereocenters. The summed E-state index contributed by atoms with van der Waals surface area (Å²) in [4.78, 5) is 9.63. The zero-order valence-corrected chi connectivity index (χ0v) is 36.6. The van der Waals surface area contributed by atoms with E-state index in [4.69, 9.17) is 20.7 Å². The predicted octanol–water partition coefficient (Wildman–Crippen LogP) is 13.3. The molecule has 1 radical (unpaired) electrons. The average Bonchev–Trinajstić information content (AvgIpc) is 3.94. The maximum atomic E-state index is 8.79. The molecule has 0 spiro atoms. The van der Waals surface area contributed by atoms with E-state index in [0.29, 0.717) is 16.8 Å². The third kappa shape index (κ3) is 7.35. The molecule has 10 rings (SSSR count). The Kier molecular flexibility index (Phi) is 8.80. The Morgan fingerprint density at radius 1 is 0.759 bits per heavy atom. The van der Waals surface area contributed by atoms with E-state index in [0.717, 1.165) is 77.2 Å². The monoisotopic (exact) mass is 957 g/mol. The number of imidazole rings is 1. The van der Waals surface area contributed by atoms with Gasteiger partial charge in [0.1, 0.15) is 11.2 Å². The number of aryl methyl sites for hydroxylation is 1. The van der Waals surface area contributed by atoms with E-state index in [1.807, 2.05) is 87.5 Å². The molecule has 0 aliphatic heterocycles. The third-order valence-electron chi connectivity index (χ3n) is 10.1. The van der Waals surface area contributed by atoms with Crippen LogP contribution in [0.4, 0.5) is 0 Å². The van der Waals surface area contributed by atoms with Crippen molar-refractivity contribution in [2.24, 2.45) is 5.41 Å². The second-order valence-electron chi connectivity index (χ2n) is 16.4. The maximum Gasteiger partial charge on any atom is 0.158 e. The van der Waals surface area contributed by atoms with Gasteiger partial charge >= 0.3 is 0 Å². The number of pyridine rings is 1. The van der Waals surface area contributed by atoms with Gasteiger partial charge in [-0.05, 0) is 53.0 Å². The van der Waals surface area contributed by atoms with E-state index in [1.165, 1.54) is 6.07 Å². The molecule has 58 heavy (non-hydrogen) atoms. The standard InChI is InChI=1S/C31H17N2O2.C20H28NSi.Ir/c1-5-17-27-19(9-1)21-11-7-13-23(29(21)34-27)31-32-24-14-3-4-15-25(24)33(31)26-16-8-12-22-20-10-2-6-18-28(20)35-30(22)26;1-15-8-10-16(11-9-15)18-12-17(13-20(2,3)4)19(14-21-18)22(5,6)7;/h1-12,14-18H;8-10,12,14H,13H2,1-7H3;/q2*-1;/i;1D3,13D2;. The van der Waals surface area contributed by atoms with E-state index in [9.17, 15) is 0 Å². The van der Waals surface area contributed by atoms with Gasteiger partial charge in [-0.2, -0.15) is 0 Å². The first-order chi connectivity index (χ1) is 29.4. The van der Waals surface area contributed by atoms with Gasteiger partial charge < -0.3 is 18.4 Å². The van der Waals surface area contributed by atoms with Gasteiger partial charge in [-0.25, -0.2) is 0 Å². The minimum absolute atomic E-state index is 0. The van der Waals surface area contributed by atoms with Crippen LogP contribution in [0.5, 0.6) is 0 Å². The molecule has 0 fully saturated rings. The third-order valence-corrected chi connectivity index (χ3v) is 12.1. The summed E-state index contributed by atoms with van der Waals surface area (Å²) in [6, 6.07) is 47.7. The molecule has 0 N–H and O–H groups in total. The summed E-state index contributed by atoms with van der Waals surface area (Å²) in [5.41, 5.74) is 8.58. The van der Waals surface area contributed by atoms with Crippen LogP contribution in [0.25, 0.3) is 83.2 Å². The van der Waals surface area contributed by atoms with Crippen molar-refractivity contribution < 1.29 is 35.8 Å². The van der Waals surface area contributed by atoms with E-state index >= 15 is 0 Å². The number of fused-ring (bicyclic) bond motifs is 7. The van der Waals surface area contributed by atoms with Crippen LogP contribution in [-0.2, 0) is 26.5 Å². The minimum Gasteiger partial charge on any atom is -0.501 e. The van der Waals surface area contributed by atoms with Crippen LogP contribution in [0.15, 0.2) is 142 Å². The molecule has 0 atom stereocenters. The summed E-state index contributed by atoms with van der Waals surface area (Å²) in [6.45, 7) is 10.1. The van der Waals surface area contributed by atoms with E-state index < -0.39 is 26.7 Å². The Bertz CT molecular complexity index is 3300. The molecule has 4 aromatic heterocycles. The molecule has 0 amide bonds. The summed E-state index contributed by atoms with van der Waals surface area (Å²) in [7, 11) is -1.81. The summed E-state index contributed by atoms with van der Waals surface area (Å²) >= 11 is 0. The predicted molar refractivity (Wildman–Crippen MR) is 239 cm³/mol. The molecule has 5 nitrogen and oxygen atoms in total. The van der Waals surface area contributed by atoms with E-state index in [-0.39, 0.29) is 25.7 Å². The van der Waals surface area contributed by atoms with Crippen molar-refractivity contribution in [3.63, 3.8) is 0 Å². The Morgan fingerprint density at radius 3 is 2.12 bits per heavy atom. The van der Waals surface area contributed by atoms with Gasteiger partial charge in [0.2, 0.25) is 0 Å². The number of rotatable bonds is 5. The number of furan rings is 2. The summed E-state index contributed by atoms with van der Waals surface area (Å²) in [6.07, 6.45) is 0.269. The SMILES string of the molecule is [2H]C([2H])([2H])c1c[c-]c(-c2cc(C([2H])([2H])C(C)(C)C)c([Si](C)(C)C)cn2)cc1.[Ir].[c-]1ccc2c(oc3ccccc32)c1-c1nc2ccccc2n1-c1cccc2c1oc1ccccc12. The van der Waals surface area contributed by atoms with Gasteiger partial charge in [-0.15, -0.1) is 53.6 Å². The Balaban J connectivity index is 0.000000177. The van der Waals surface area contributed by atoms with Crippen LogP contribution in [0, 0.1) is 24.4 Å². The summed E-state index contributed by atoms with van der Waals surface area (Å²) in [5, 5.41) is 5.31. The second-order valence-corrected chi connectivity index (χ2v) is 21.5. The molecule has 291 valence electrons. The molecule has 0 saturated carbocycles. The first kappa shape index (κ1) is 33.4. The number of hydrogen-bond acceptors (Lipinski definition) is 4. The van der Waals surface area contributed by atoms with Crippen LogP contribution in [0.2, 0.25) is 19.6 Å². The first-order valence-corrected chi connectivity index (χ1v) is 22.7. The number of para-hydroxylation sites is 5. The Morgan fingerprint density at radius 2 is 1.43 bits per heavy atom. The zero-order chi connectivity index (χ0) is 43.8. The van der Waals surface area contributed by atoms with Crippen molar-refractivity contribution in [3.8, 4) is 28.3 Å². The fourth-order valence-electron chi connectivity index (χ4n) is 7.49. The molecule has 10 aromatic rings. The maximum absolute atomic E-state index is 8.79. The van der Waals surface area contributed by atoms with E-state index in [1.54, 1.807) is 18.3 Å². The van der Waals surface area contributed by atoms with Crippen molar-refractivity contribution in [1.29, 1.82) is 0 Å². The number of nitrogens with zero attached hydrogens (tertiary/aromatic N) is 3. The van der Waals surface area contributed by atoms with Gasteiger partial charge in [-0.1, -0.05) is 131 Å². The molecule has 4 heterocycles. The molecule has 0 bridgehead atoms. The van der Waals surface area contributed by atoms with Gasteiger partial charge in [0.25, 0.3) is 0 Å². The molecule has 0 saturated heterocycles. The van der Waals surface area contributed by atoms with Crippen molar-refractivity contribution in [1.82, 2.24) is 14.5 Å². The van der Waals surface area contributed by atoms with E-state index in [2.05, 4.69) is 83.8 Å². The zero-order valence-electron chi connectivity index (χ0n) is 38.2. The smallest absolute Gasteiger partial charge is 0.158 e. The summed E-state index contributed by atoms with van der Waals surface area (Å²) in [5.74, 6) is 0.767. The van der Waals surface area contributed by atoms with Crippen molar-refractivity contribution >= 4 is 68.2 Å². The number of hydrogen-bond donors (Lipinski definition) is 0. The molecule has 7 heteroatoms. The molecule has 0 aliphatic rings. The van der Waals surface area contributed by atoms with Crippen LogP contribution >= 0.6 is 0 Å². The van der Waals surface area contributed by atoms with Crippen molar-refractivity contribution in [2.75, 3.05) is 0 Å². The van der Waals surface area contributed by atoms with Crippen LogP contribution in [0.1, 0.15) is 38.8 Å². The van der Waals surface area contributed by atoms with Crippen LogP contribution in [-0.4, -0.2) is 22.6 Å². The number of aromatic nitrogens is 3. The Labute approximate surface area is 361 Å². The molecule has 6 aromatic carbocycles. The topological polar surface area (TPSA) is 57.0 Å². The minimum atomic E-state index is -2.17. The first-order valence-electron chi connectivity index (χ1n) is 21.7. The number of benzene rings is 6. The van der Waals surface area contributed by atoms with Gasteiger partial charge in [0.05, 0.1) is 36.2 Å². The van der Waals surface area contributed by atoms with Gasteiger partial charge in [0, 0.05) is 49.3 Å². The van der Waals surface area contributed by atoms with Gasteiger partial charge in [-0.3, -0.25) is 4.98 Å². The largest absolute Gasteiger partial charge is 0.501 e. The van der Waals surface area contributed by atoms with Gasteiger partial charge in [0.15, 0.2) is 5.58 Å². The fourth-order valence-corrected chi connectivity index (χ4v) is 8.89.